The zero-order chi connectivity index (χ0) is 15.2. The molecule has 1 N–H and O–H groups in total. The van der Waals surface area contributed by atoms with Crippen LogP contribution in [0.2, 0.25) is 0 Å². The molecule has 2 heterocycles. The van der Waals surface area contributed by atoms with Crippen LogP contribution in [0.15, 0.2) is 12.1 Å². The molecule has 0 radical (unpaired) electrons. The molecule has 1 fully saturated rings. The van der Waals surface area contributed by atoms with Crippen LogP contribution in [0.1, 0.15) is 49.3 Å². The van der Waals surface area contributed by atoms with Crippen LogP contribution in [0.4, 0.5) is 0 Å². The highest BCUT2D eigenvalue weighted by molar-refractivity contribution is 9.09. The molecule has 1 spiro atoms. The maximum Gasteiger partial charge on any atom is 0.251 e. The lowest BCUT2D eigenvalue weighted by atomic mass is 9.93. The fourth-order valence-corrected chi connectivity index (χ4v) is 4.34. The van der Waals surface area contributed by atoms with Crippen molar-refractivity contribution in [3.63, 3.8) is 0 Å². The molecular weight excluding hydrogens is 348 g/mol. The highest BCUT2D eigenvalue weighted by atomic mass is 79.9. The SMILES string of the molecule is OCC1Cc2c(ccc3c2OC2(CCCCC2)O3)C(CBr)O1. The molecule has 120 valence electrons. The first kappa shape index (κ1) is 14.8. The Morgan fingerprint density at radius 2 is 2.00 bits per heavy atom. The van der Waals surface area contributed by atoms with Crippen LogP contribution < -0.4 is 9.47 Å². The van der Waals surface area contributed by atoms with E-state index in [1.807, 2.05) is 6.07 Å². The molecule has 1 saturated carbocycles. The molecule has 1 aromatic carbocycles. The average Bonchev–Trinajstić information content (AvgIpc) is 2.92. The molecule has 2 unspecified atom stereocenters. The second-order valence-electron chi connectivity index (χ2n) is 6.42. The normalized spacial score (nSPS) is 28.6. The fourth-order valence-electron chi connectivity index (χ4n) is 3.84. The van der Waals surface area contributed by atoms with Crippen LogP contribution in [-0.4, -0.2) is 28.9 Å². The molecule has 22 heavy (non-hydrogen) atoms. The van der Waals surface area contributed by atoms with Crippen molar-refractivity contribution in [3.8, 4) is 11.5 Å². The second-order valence-corrected chi connectivity index (χ2v) is 7.07. The van der Waals surface area contributed by atoms with E-state index in [9.17, 15) is 5.11 Å². The van der Waals surface area contributed by atoms with Crippen LogP contribution in [0.25, 0.3) is 0 Å². The van der Waals surface area contributed by atoms with Crippen LogP contribution in [0, 0.1) is 0 Å². The van der Waals surface area contributed by atoms with Crippen molar-refractivity contribution in [2.75, 3.05) is 11.9 Å². The number of ether oxygens (including phenoxy) is 3. The predicted octanol–water partition coefficient (Wildman–Crippen LogP) is 3.49. The number of rotatable bonds is 2. The van der Waals surface area contributed by atoms with Gasteiger partial charge in [0, 0.05) is 30.2 Å². The van der Waals surface area contributed by atoms with Crippen molar-refractivity contribution in [2.24, 2.45) is 0 Å². The summed E-state index contributed by atoms with van der Waals surface area (Å²) in [7, 11) is 0. The number of benzene rings is 1. The van der Waals surface area contributed by atoms with Gasteiger partial charge in [0.2, 0.25) is 0 Å². The molecule has 4 nitrogen and oxygen atoms in total. The molecular formula is C17H21BrO4. The summed E-state index contributed by atoms with van der Waals surface area (Å²) in [6.45, 7) is 0.0264. The number of hydrogen-bond donors (Lipinski definition) is 1. The Kier molecular flexibility index (Phi) is 3.83. The topological polar surface area (TPSA) is 47.9 Å². The third-order valence-electron chi connectivity index (χ3n) is 4.94. The lowest BCUT2D eigenvalue weighted by molar-refractivity contribution is -0.106. The number of halogens is 1. The Morgan fingerprint density at radius 1 is 1.18 bits per heavy atom. The summed E-state index contributed by atoms with van der Waals surface area (Å²) < 4.78 is 18.5. The number of alkyl halides is 1. The lowest BCUT2D eigenvalue weighted by Gasteiger charge is -2.32. The Morgan fingerprint density at radius 3 is 2.73 bits per heavy atom. The van der Waals surface area contributed by atoms with E-state index in [1.54, 1.807) is 0 Å². The fraction of sp³-hybridized carbons (Fsp3) is 0.647. The summed E-state index contributed by atoms with van der Waals surface area (Å²) in [5.74, 6) is 1.28. The summed E-state index contributed by atoms with van der Waals surface area (Å²) in [5, 5.41) is 10.2. The molecule has 0 saturated heterocycles. The van der Waals surface area contributed by atoms with E-state index in [0.29, 0.717) is 11.8 Å². The summed E-state index contributed by atoms with van der Waals surface area (Å²) in [4.78, 5) is 0. The van der Waals surface area contributed by atoms with E-state index in [1.165, 1.54) is 6.42 Å². The Hall–Kier alpha value is -0.780. The van der Waals surface area contributed by atoms with E-state index in [2.05, 4.69) is 22.0 Å². The number of fused-ring (bicyclic) bond motifs is 3. The van der Waals surface area contributed by atoms with Gasteiger partial charge in [-0.15, -0.1) is 0 Å². The minimum atomic E-state index is -0.452. The number of aliphatic hydroxyl groups excluding tert-OH is 1. The van der Waals surface area contributed by atoms with Gasteiger partial charge in [-0.2, -0.15) is 0 Å². The Bertz CT molecular complexity index is 568. The molecule has 0 amide bonds. The molecule has 2 aliphatic heterocycles. The monoisotopic (exact) mass is 368 g/mol. The molecule has 1 aromatic rings. The van der Waals surface area contributed by atoms with Crippen LogP contribution in [-0.2, 0) is 11.2 Å². The third kappa shape index (κ3) is 2.34. The van der Waals surface area contributed by atoms with Crippen molar-refractivity contribution < 1.29 is 19.3 Å². The summed E-state index contributed by atoms with van der Waals surface area (Å²) >= 11 is 3.51. The predicted molar refractivity (Wildman–Crippen MR) is 85.7 cm³/mol. The minimum absolute atomic E-state index is 0.0264. The second kappa shape index (κ2) is 5.69. The zero-order valence-electron chi connectivity index (χ0n) is 12.5. The summed E-state index contributed by atoms with van der Waals surface area (Å²) in [6, 6.07) is 4.09. The van der Waals surface area contributed by atoms with Crippen LogP contribution in [0.5, 0.6) is 11.5 Å². The van der Waals surface area contributed by atoms with Crippen molar-refractivity contribution >= 4 is 15.9 Å². The first-order chi connectivity index (χ1) is 10.7. The van der Waals surface area contributed by atoms with Crippen LogP contribution in [0.3, 0.4) is 0 Å². The van der Waals surface area contributed by atoms with Gasteiger partial charge in [0.1, 0.15) is 0 Å². The summed E-state index contributed by atoms with van der Waals surface area (Å²) in [6.07, 6.45) is 5.94. The standard InChI is InChI=1S/C17H21BrO4/c18-9-15-12-4-5-14-16(13(12)8-11(10-19)20-15)22-17(21-14)6-2-1-3-7-17/h4-5,11,15,19H,1-3,6-10H2. The van der Waals surface area contributed by atoms with Gasteiger partial charge in [0.05, 0.1) is 18.8 Å². The highest BCUT2D eigenvalue weighted by Gasteiger charge is 2.45. The molecule has 0 aromatic heterocycles. The van der Waals surface area contributed by atoms with E-state index in [-0.39, 0.29) is 18.8 Å². The molecule has 5 heteroatoms. The van der Waals surface area contributed by atoms with Gasteiger partial charge in [-0.3, -0.25) is 0 Å². The van der Waals surface area contributed by atoms with Gasteiger partial charge in [-0.25, -0.2) is 0 Å². The van der Waals surface area contributed by atoms with Gasteiger partial charge < -0.3 is 19.3 Å². The molecule has 0 bridgehead atoms. The van der Waals surface area contributed by atoms with E-state index < -0.39 is 5.79 Å². The van der Waals surface area contributed by atoms with Gasteiger partial charge in [0.25, 0.3) is 5.79 Å². The number of hydrogen-bond acceptors (Lipinski definition) is 4. The first-order valence-electron chi connectivity index (χ1n) is 8.11. The smallest absolute Gasteiger partial charge is 0.251 e. The van der Waals surface area contributed by atoms with Gasteiger partial charge >= 0.3 is 0 Å². The maximum absolute atomic E-state index is 9.51. The summed E-state index contributed by atoms with van der Waals surface area (Å²) in [5.41, 5.74) is 2.30. The average molecular weight is 369 g/mol. The van der Waals surface area contributed by atoms with Crippen molar-refractivity contribution in [2.45, 2.75) is 56.5 Å². The van der Waals surface area contributed by atoms with Crippen molar-refractivity contribution in [1.29, 1.82) is 0 Å². The molecule has 3 aliphatic rings. The molecule has 2 atom stereocenters. The van der Waals surface area contributed by atoms with Gasteiger partial charge in [0.15, 0.2) is 11.5 Å². The molecule has 1 aliphatic carbocycles. The highest BCUT2D eigenvalue weighted by Crippen LogP contribution is 2.50. The van der Waals surface area contributed by atoms with Gasteiger partial charge in [-0.1, -0.05) is 28.4 Å². The van der Waals surface area contributed by atoms with E-state index >= 15 is 0 Å². The van der Waals surface area contributed by atoms with Crippen molar-refractivity contribution in [3.05, 3.63) is 23.3 Å². The Labute approximate surface area is 138 Å². The number of aliphatic hydroxyl groups is 1. The third-order valence-corrected chi connectivity index (χ3v) is 5.53. The zero-order valence-corrected chi connectivity index (χ0v) is 14.1. The molecule has 4 rings (SSSR count). The van der Waals surface area contributed by atoms with Crippen LogP contribution >= 0.6 is 15.9 Å². The Balaban J connectivity index is 1.71. The van der Waals surface area contributed by atoms with Gasteiger partial charge in [-0.05, 0) is 24.5 Å². The van der Waals surface area contributed by atoms with Crippen molar-refractivity contribution in [1.82, 2.24) is 0 Å². The van der Waals surface area contributed by atoms with E-state index in [0.717, 1.165) is 48.3 Å². The maximum atomic E-state index is 9.51. The minimum Gasteiger partial charge on any atom is -0.448 e. The quantitative estimate of drug-likeness (QED) is 0.811. The first-order valence-corrected chi connectivity index (χ1v) is 9.23. The lowest BCUT2D eigenvalue weighted by Crippen LogP contribution is -2.40. The van der Waals surface area contributed by atoms with E-state index in [4.69, 9.17) is 14.2 Å². The largest absolute Gasteiger partial charge is 0.448 e.